The van der Waals surface area contributed by atoms with Crippen LogP contribution in [0.1, 0.15) is 18.5 Å². The minimum Gasteiger partial charge on any atom is -0.490 e. The SMILES string of the molecule is NC(=O)Cn1ccc2c(OC3CCN(c4cc(C(F)(F)F)ncn4)CC3)cccc21. The Labute approximate surface area is 170 Å². The zero-order chi connectivity index (χ0) is 21.3. The summed E-state index contributed by atoms with van der Waals surface area (Å²) in [6, 6.07) is 8.46. The van der Waals surface area contributed by atoms with Crippen molar-refractivity contribution < 1.29 is 22.7 Å². The van der Waals surface area contributed by atoms with E-state index in [1.165, 1.54) is 0 Å². The van der Waals surface area contributed by atoms with Gasteiger partial charge in [-0.2, -0.15) is 13.2 Å². The summed E-state index contributed by atoms with van der Waals surface area (Å²) in [5.74, 6) is 0.543. The molecule has 0 spiro atoms. The second-order valence-electron chi connectivity index (χ2n) is 7.16. The summed E-state index contributed by atoms with van der Waals surface area (Å²) in [4.78, 5) is 20.3. The molecule has 2 aromatic heterocycles. The highest BCUT2D eigenvalue weighted by atomic mass is 19.4. The van der Waals surface area contributed by atoms with Crippen LogP contribution < -0.4 is 15.4 Å². The molecule has 0 radical (unpaired) electrons. The zero-order valence-corrected chi connectivity index (χ0v) is 16.0. The van der Waals surface area contributed by atoms with Gasteiger partial charge in [-0.3, -0.25) is 4.79 Å². The van der Waals surface area contributed by atoms with Crippen LogP contribution in [0.3, 0.4) is 0 Å². The molecular formula is C20H20F3N5O2. The Morgan fingerprint density at radius 2 is 1.97 bits per heavy atom. The third-order valence-electron chi connectivity index (χ3n) is 5.10. The topological polar surface area (TPSA) is 86.3 Å². The molecule has 1 aromatic carbocycles. The molecule has 0 bridgehead atoms. The number of benzene rings is 1. The molecule has 158 valence electrons. The normalized spacial score (nSPS) is 15.5. The second-order valence-corrected chi connectivity index (χ2v) is 7.16. The minimum atomic E-state index is -4.50. The molecule has 0 aliphatic carbocycles. The lowest BCUT2D eigenvalue weighted by molar-refractivity contribution is -0.141. The number of nitrogens with zero attached hydrogens (tertiary/aromatic N) is 4. The largest absolute Gasteiger partial charge is 0.490 e. The van der Waals surface area contributed by atoms with Gasteiger partial charge in [0, 0.05) is 43.6 Å². The van der Waals surface area contributed by atoms with Crippen molar-refractivity contribution >= 4 is 22.6 Å². The standard InChI is InChI=1S/C20H20F3N5O2/c21-20(22,23)17-10-19(26-12-25-17)27-7-4-13(5-8-27)30-16-3-1-2-15-14(16)6-9-28(15)11-18(24)29/h1-3,6,9-10,12-13H,4-5,7-8,11H2,(H2,24,29). The van der Waals surface area contributed by atoms with Gasteiger partial charge in [-0.15, -0.1) is 0 Å². The van der Waals surface area contributed by atoms with Crippen LogP contribution in [0.2, 0.25) is 0 Å². The van der Waals surface area contributed by atoms with Gasteiger partial charge in [-0.1, -0.05) is 6.07 Å². The Morgan fingerprint density at radius 1 is 1.20 bits per heavy atom. The highest BCUT2D eigenvalue weighted by Crippen LogP contribution is 2.31. The fourth-order valence-corrected chi connectivity index (χ4v) is 3.66. The maximum Gasteiger partial charge on any atom is 0.433 e. The first kappa shape index (κ1) is 20.0. The Morgan fingerprint density at radius 3 is 2.67 bits per heavy atom. The number of piperidine rings is 1. The molecule has 3 aromatic rings. The summed E-state index contributed by atoms with van der Waals surface area (Å²) in [5, 5.41) is 0.881. The molecule has 10 heteroatoms. The molecule has 30 heavy (non-hydrogen) atoms. The van der Waals surface area contributed by atoms with Crippen LogP contribution >= 0.6 is 0 Å². The maximum absolute atomic E-state index is 12.9. The first-order valence-electron chi connectivity index (χ1n) is 9.48. The molecule has 0 atom stereocenters. The number of hydrogen-bond acceptors (Lipinski definition) is 5. The Bertz CT molecular complexity index is 1060. The molecule has 1 aliphatic heterocycles. The number of fused-ring (bicyclic) bond motifs is 1. The van der Waals surface area contributed by atoms with E-state index < -0.39 is 17.8 Å². The van der Waals surface area contributed by atoms with Crippen molar-refractivity contribution in [3.63, 3.8) is 0 Å². The quantitative estimate of drug-likeness (QED) is 0.687. The van der Waals surface area contributed by atoms with Gasteiger partial charge in [0.15, 0.2) is 0 Å². The Balaban J connectivity index is 1.43. The van der Waals surface area contributed by atoms with Crippen molar-refractivity contribution in [2.24, 2.45) is 5.73 Å². The number of halogens is 3. The first-order valence-corrected chi connectivity index (χ1v) is 9.48. The molecule has 1 aliphatic rings. The molecule has 1 amide bonds. The van der Waals surface area contributed by atoms with Crippen LogP contribution in [0.25, 0.3) is 10.9 Å². The zero-order valence-electron chi connectivity index (χ0n) is 16.0. The number of aromatic nitrogens is 3. The summed E-state index contributed by atoms with van der Waals surface area (Å²) in [6.45, 7) is 1.14. The highest BCUT2D eigenvalue weighted by Gasteiger charge is 2.33. The summed E-state index contributed by atoms with van der Waals surface area (Å²) >= 11 is 0. The average molecular weight is 419 g/mol. The number of anilines is 1. The number of hydrogen-bond donors (Lipinski definition) is 1. The minimum absolute atomic E-state index is 0.0738. The number of carbonyl (C=O) groups excluding carboxylic acids is 1. The summed E-state index contributed by atoms with van der Waals surface area (Å²) in [7, 11) is 0. The predicted molar refractivity (Wildman–Crippen MR) is 104 cm³/mol. The van der Waals surface area contributed by atoms with Crippen LogP contribution in [0.5, 0.6) is 5.75 Å². The molecule has 1 fully saturated rings. The Hall–Kier alpha value is -3.30. The van der Waals surface area contributed by atoms with Gasteiger partial charge in [-0.05, 0) is 18.2 Å². The number of carbonyl (C=O) groups is 1. The van der Waals surface area contributed by atoms with Gasteiger partial charge >= 0.3 is 6.18 Å². The van der Waals surface area contributed by atoms with E-state index >= 15 is 0 Å². The third kappa shape index (κ3) is 4.17. The van der Waals surface area contributed by atoms with Crippen molar-refractivity contribution in [2.75, 3.05) is 18.0 Å². The predicted octanol–water partition coefficient (Wildman–Crippen LogP) is 2.98. The van der Waals surface area contributed by atoms with Gasteiger partial charge < -0.3 is 19.9 Å². The van der Waals surface area contributed by atoms with E-state index in [-0.39, 0.29) is 18.5 Å². The van der Waals surface area contributed by atoms with E-state index in [9.17, 15) is 18.0 Å². The number of rotatable bonds is 5. The van der Waals surface area contributed by atoms with Crippen molar-refractivity contribution in [3.05, 3.63) is 48.5 Å². The molecular weight excluding hydrogens is 399 g/mol. The van der Waals surface area contributed by atoms with Gasteiger partial charge in [0.2, 0.25) is 5.91 Å². The number of nitrogens with two attached hydrogens (primary N) is 1. The summed E-state index contributed by atoms with van der Waals surface area (Å²) in [6.07, 6.45) is -0.553. The molecule has 7 nitrogen and oxygen atoms in total. The number of alkyl halides is 3. The molecule has 0 saturated carbocycles. The smallest absolute Gasteiger partial charge is 0.433 e. The lowest BCUT2D eigenvalue weighted by Gasteiger charge is -2.33. The van der Waals surface area contributed by atoms with E-state index in [0.29, 0.717) is 31.7 Å². The van der Waals surface area contributed by atoms with Crippen molar-refractivity contribution in [3.8, 4) is 5.75 Å². The van der Waals surface area contributed by atoms with Crippen LogP contribution in [0, 0.1) is 0 Å². The number of amides is 1. The van der Waals surface area contributed by atoms with Gasteiger partial charge in [-0.25, -0.2) is 9.97 Å². The molecule has 1 saturated heterocycles. The fraction of sp³-hybridized carbons (Fsp3) is 0.350. The molecule has 3 heterocycles. The van der Waals surface area contributed by atoms with Crippen LogP contribution in [-0.4, -0.2) is 39.6 Å². The summed E-state index contributed by atoms with van der Waals surface area (Å²) in [5.41, 5.74) is 5.19. The fourth-order valence-electron chi connectivity index (χ4n) is 3.66. The van der Waals surface area contributed by atoms with Crippen LogP contribution in [0.4, 0.5) is 19.0 Å². The molecule has 2 N–H and O–H groups in total. The lowest BCUT2D eigenvalue weighted by atomic mass is 10.1. The van der Waals surface area contributed by atoms with Crippen molar-refractivity contribution in [2.45, 2.75) is 31.7 Å². The van der Waals surface area contributed by atoms with E-state index in [1.54, 1.807) is 15.7 Å². The van der Waals surface area contributed by atoms with Crippen LogP contribution in [0.15, 0.2) is 42.9 Å². The van der Waals surface area contributed by atoms with Crippen molar-refractivity contribution in [1.29, 1.82) is 0 Å². The number of primary amides is 1. The molecule has 0 unspecified atom stereocenters. The number of ether oxygens (including phenoxy) is 1. The van der Waals surface area contributed by atoms with Crippen molar-refractivity contribution in [1.82, 2.24) is 14.5 Å². The van der Waals surface area contributed by atoms with E-state index in [1.807, 2.05) is 24.3 Å². The summed E-state index contributed by atoms with van der Waals surface area (Å²) < 4.78 is 46.6. The van der Waals surface area contributed by atoms with Gasteiger partial charge in [0.1, 0.15) is 36.2 Å². The highest BCUT2D eigenvalue weighted by molar-refractivity contribution is 5.87. The van der Waals surface area contributed by atoms with Gasteiger partial charge in [0.05, 0.1) is 5.52 Å². The molecule has 4 rings (SSSR count). The first-order chi connectivity index (χ1) is 14.3. The maximum atomic E-state index is 12.9. The second kappa shape index (κ2) is 7.85. The van der Waals surface area contributed by atoms with Gasteiger partial charge in [0.25, 0.3) is 0 Å². The Kier molecular flexibility index (Phi) is 5.23. The van der Waals surface area contributed by atoms with E-state index in [0.717, 1.165) is 23.3 Å². The van der Waals surface area contributed by atoms with Crippen LogP contribution in [-0.2, 0) is 17.5 Å². The van der Waals surface area contributed by atoms with E-state index in [2.05, 4.69) is 9.97 Å². The monoisotopic (exact) mass is 419 g/mol. The lowest BCUT2D eigenvalue weighted by Crippen LogP contribution is -2.38. The third-order valence-corrected chi connectivity index (χ3v) is 5.10. The van der Waals surface area contributed by atoms with E-state index in [4.69, 9.17) is 10.5 Å². The average Bonchev–Trinajstić information content (AvgIpc) is 3.11.